The van der Waals surface area contributed by atoms with Gasteiger partial charge in [0.05, 0.1) is 25.3 Å². The van der Waals surface area contributed by atoms with Crippen molar-refractivity contribution in [3.63, 3.8) is 0 Å². The number of anilines is 3. The molecule has 1 aromatic heterocycles. The summed E-state index contributed by atoms with van der Waals surface area (Å²) in [6, 6.07) is 7.16. The highest BCUT2D eigenvalue weighted by Gasteiger charge is 2.30. The second-order valence-corrected chi connectivity index (χ2v) is 8.80. The van der Waals surface area contributed by atoms with Crippen LogP contribution in [0.5, 0.6) is 0 Å². The summed E-state index contributed by atoms with van der Waals surface area (Å²) in [5.74, 6) is 0.0792. The number of nitrogens with two attached hydrogens (primary N) is 2. The van der Waals surface area contributed by atoms with Gasteiger partial charge in [0.15, 0.2) is 0 Å². The fourth-order valence-electron chi connectivity index (χ4n) is 4.41. The maximum Gasteiger partial charge on any atom is 0.254 e. The number of ether oxygens (including phenoxy) is 1. The average Bonchev–Trinajstić information content (AvgIpc) is 2.79. The summed E-state index contributed by atoms with van der Waals surface area (Å²) >= 11 is 0. The van der Waals surface area contributed by atoms with Crippen LogP contribution in [0.4, 0.5) is 17.5 Å². The number of carbonyl (C=O) groups is 2. The molecule has 1 aromatic carbocycles. The predicted octanol–water partition coefficient (Wildman–Crippen LogP) is 1.92. The summed E-state index contributed by atoms with van der Waals surface area (Å²) in [6.07, 6.45) is 3.34. The molecule has 4 rings (SSSR count). The van der Waals surface area contributed by atoms with Crippen molar-refractivity contribution in [2.45, 2.75) is 44.8 Å². The summed E-state index contributed by atoms with van der Waals surface area (Å²) in [7, 11) is 0. The van der Waals surface area contributed by atoms with Crippen molar-refractivity contribution in [3.05, 3.63) is 41.6 Å². The fourth-order valence-corrected chi connectivity index (χ4v) is 4.41. The first-order valence-corrected chi connectivity index (χ1v) is 11.3. The van der Waals surface area contributed by atoms with Gasteiger partial charge in [-0.05, 0) is 44.9 Å². The number of aromatic nitrogens is 2. The first-order valence-electron chi connectivity index (χ1n) is 11.3. The van der Waals surface area contributed by atoms with Gasteiger partial charge in [0.25, 0.3) is 11.8 Å². The van der Waals surface area contributed by atoms with Crippen LogP contribution in [-0.4, -0.2) is 71.1 Å². The molecule has 0 radical (unpaired) electrons. The third-order valence-electron chi connectivity index (χ3n) is 6.06. The minimum absolute atomic E-state index is 0. The van der Waals surface area contributed by atoms with Gasteiger partial charge >= 0.3 is 0 Å². The largest absolute Gasteiger partial charge is 0.377 e. The molecule has 0 spiro atoms. The van der Waals surface area contributed by atoms with E-state index in [1.54, 1.807) is 18.2 Å². The minimum Gasteiger partial charge on any atom is -0.377 e. The Labute approximate surface area is 205 Å². The highest BCUT2D eigenvalue weighted by Crippen LogP contribution is 2.25. The van der Waals surface area contributed by atoms with Crippen LogP contribution < -0.4 is 21.7 Å². The van der Waals surface area contributed by atoms with E-state index in [1.165, 1.54) is 6.20 Å². The van der Waals surface area contributed by atoms with E-state index in [0.717, 1.165) is 19.4 Å². The molecule has 0 aliphatic carbocycles. The van der Waals surface area contributed by atoms with E-state index < -0.39 is 5.91 Å². The van der Waals surface area contributed by atoms with Crippen LogP contribution >= 0.6 is 12.4 Å². The number of piperidine rings is 1. The molecule has 2 aliphatic heterocycles. The molecule has 2 aliphatic rings. The molecular formula is C23H32ClN7O3. The molecule has 2 saturated heterocycles. The zero-order valence-corrected chi connectivity index (χ0v) is 20.3. The maximum atomic E-state index is 13.2. The molecule has 5 N–H and O–H groups in total. The minimum atomic E-state index is -0.636. The zero-order valence-electron chi connectivity index (χ0n) is 19.4. The number of benzene rings is 1. The zero-order chi connectivity index (χ0) is 23.5. The topological polar surface area (TPSA) is 140 Å². The SMILES string of the molecule is C[C@@H]1COC[C@H](C)N1C(=O)c1cccc(Nc2nc(N3CCC[C@H](N)C3)ncc2C(N)=O)c1.Cl. The molecule has 34 heavy (non-hydrogen) atoms. The Kier molecular flexibility index (Phi) is 8.29. The van der Waals surface area contributed by atoms with E-state index in [2.05, 4.69) is 15.3 Å². The van der Waals surface area contributed by atoms with Gasteiger partial charge in [-0.15, -0.1) is 12.4 Å². The highest BCUT2D eigenvalue weighted by molar-refractivity contribution is 5.99. The molecule has 3 atom stereocenters. The van der Waals surface area contributed by atoms with Crippen molar-refractivity contribution in [2.24, 2.45) is 11.5 Å². The molecule has 0 bridgehead atoms. The number of morpholine rings is 1. The van der Waals surface area contributed by atoms with Crippen LogP contribution in [0, 0.1) is 0 Å². The molecule has 2 amide bonds. The molecule has 2 aromatic rings. The van der Waals surface area contributed by atoms with Gasteiger partial charge in [-0.2, -0.15) is 4.98 Å². The van der Waals surface area contributed by atoms with E-state index in [4.69, 9.17) is 16.2 Å². The summed E-state index contributed by atoms with van der Waals surface area (Å²) in [5, 5.41) is 3.16. The quantitative estimate of drug-likeness (QED) is 0.578. The lowest BCUT2D eigenvalue weighted by atomic mass is 10.1. The van der Waals surface area contributed by atoms with Crippen LogP contribution in [0.15, 0.2) is 30.5 Å². The second kappa shape index (κ2) is 11.0. The summed E-state index contributed by atoms with van der Waals surface area (Å²) in [4.78, 5) is 38.0. The van der Waals surface area contributed by atoms with Crippen molar-refractivity contribution in [3.8, 4) is 0 Å². The van der Waals surface area contributed by atoms with Gasteiger partial charge in [-0.25, -0.2) is 4.98 Å². The fraction of sp³-hybridized carbons (Fsp3) is 0.478. The van der Waals surface area contributed by atoms with E-state index >= 15 is 0 Å². The van der Waals surface area contributed by atoms with Gasteiger partial charge in [-0.3, -0.25) is 9.59 Å². The number of amides is 2. The molecule has 10 nitrogen and oxygen atoms in total. The highest BCUT2D eigenvalue weighted by atomic mass is 35.5. The summed E-state index contributed by atoms with van der Waals surface area (Å²) in [5.41, 5.74) is 13.0. The van der Waals surface area contributed by atoms with Gasteiger partial charge in [0.1, 0.15) is 11.4 Å². The van der Waals surface area contributed by atoms with Crippen molar-refractivity contribution >= 4 is 41.7 Å². The van der Waals surface area contributed by atoms with Crippen LogP contribution in [0.25, 0.3) is 0 Å². The van der Waals surface area contributed by atoms with E-state index in [9.17, 15) is 9.59 Å². The number of nitrogens with zero attached hydrogens (tertiary/aromatic N) is 4. The first-order chi connectivity index (χ1) is 15.8. The van der Waals surface area contributed by atoms with Gasteiger partial charge in [-0.1, -0.05) is 6.07 Å². The van der Waals surface area contributed by atoms with Gasteiger partial charge in [0.2, 0.25) is 5.95 Å². The lowest BCUT2D eigenvalue weighted by Gasteiger charge is -2.38. The number of hydrogen-bond donors (Lipinski definition) is 3. The lowest BCUT2D eigenvalue weighted by molar-refractivity contribution is -0.0249. The Hall–Kier alpha value is -2.95. The van der Waals surface area contributed by atoms with Crippen molar-refractivity contribution in [1.82, 2.24) is 14.9 Å². The number of primary amides is 1. The van der Waals surface area contributed by atoms with Gasteiger partial charge in [0, 0.05) is 36.6 Å². The Morgan fingerprint density at radius 1 is 1.21 bits per heavy atom. The van der Waals surface area contributed by atoms with E-state index in [-0.39, 0.29) is 42.0 Å². The van der Waals surface area contributed by atoms with Crippen LogP contribution in [0.1, 0.15) is 47.4 Å². The van der Waals surface area contributed by atoms with E-state index in [1.807, 2.05) is 29.7 Å². The summed E-state index contributed by atoms with van der Waals surface area (Å²) in [6.45, 7) is 6.42. The number of carbonyl (C=O) groups excluding carboxylic acids is 2. The molecule has 2 fully saturated rings. The molecule has 0 unspecified atom stereocenters. The van der Waals surface area contributed by atoms with Crippen molar-refractivity contribution in [2.75, 3.05) is 36.5 Å². The van der Waals surface area contributed by atoms with Crippen molar-refractivity contribution < 1.29 is 14.3 Å². The molecule has 184 valence electrons. The molecular weight excluding hydrogens is 458 g/mol. The third kappa shape index (κ3) is 5.57. The Bertz CT molecular complexity index is 1030. The van der Waals surface area contributed by atoms with E-state index in [0.29, 0.717) is 42.8 Å². The monoisotopic (exact) mass is 489 g/mol. The van der Waals surface area contributed by atoms with Crippen LogP contribution in [0.3, 0.4) is 0 Å². The smallest absolute Gasteiger partial charge is 0.254 e. The van der Waals surface area contributed by atoms with Crippen LogP contribution in [0.2, 0.25) is 0 Å². The number of rotatable bonds is 5. The van der Waals surface area contributed by atoms with Crippen molar-refractivity contribution in [1.29, 1.82) is 0 Å². The Balaban J connectivity index is 0.00000324. The lowest BCUT2D eigenvalue weighted by Crippen LogP contribution is -2.52. The van der Waals surface area contributed by atoms with Gasteiger partial charge < -0.3 is 31.3 Å². The van der Waals surface area contributed by atoms with Crippen LogP contribution in [-0.2, 0) is 4.74 Å². The Morgan fingerprint density at radius 2 is 1.94 bits per heavy atom. The number of hydrogen-bond acceptors (Lipinski definition) is 8. The number of halogens is 1. The molecule has 3 heterocycles. The molecule has 0 saturated carbocycles. The first kappa shape index (κ1) is 25.7. The average molecular weight is 490 g/mol. The molecule has 11 heteroatoms. The Morgan fingerprint density at radius 3 is 2.62 bits per heavy atom. The normalized spacial score (nSPS) is 22.6. The third-order valence-corrected chi connectivity index (χ3v) is 6.06. The maximum absolute atomic E-state index is 13.2. The second-order valence-electron chi connectivity index (χ2n) is 8.80. The predicted molar refractivity (Wildman–Crippen MR) is 133 cm³/mol. The standard InChI is InChI=1S/C23H31N7O3.ClH/c1-14-12-33-13-15(2)30(14)22(32)16-5-3-7-18(9-16)27-21-19(20(25)31)10-26-23(28-21)29-8-4-6-17(24)11-29;/h3,5,7,9-10,14-15,17H,4,6,8,11-13,24H2,1-2H3,(H2,25,31)(H,26,27,28);1H/t14-,15+,17-;/m0./s1. The summed E-state index contributed by atoms with van der Waals surface area (Å²) < 4.78 is 5.54. The number of nitrogens with one attached hydrogen (secondary N) is 1.